The van der Waals surface area contributed by atoms with Crippen LogP contribution in [-0.4, -0.2) is 21.9 Å². The minimum atomic E-state index is -0.705. The summed E-state index contributed by atoms with van der Waals surface area (Å²) >= 11 is 0. The van der Waals surface area contributed by atoms with E-state index >= 15 is 0 Å². The molecule has 0 saturated heterocycles. The summed E-state index contributed by atoms with van der Waals surface area (Å²) in [6.07, 6.45) is 12.6. The lowest BCUT2D eigenvalue weighted by atomic mass is 9.50. The van der Waals surface area contributed by atoms with E-state index in [9.17, 15) is 10.2 Å². The molecular formula is C21H30O2. The molecule has 0 bridgehead atoms. The summed E-state index contributed by atoms with van der Waals surface area (Å²) in [7, 11) is 0. The summed E-state index contributed by atoms with van der Waals surface area (Å²) in [5, 5.41) is 21.1. The first-order valence-electron chi connectivity index (χ1n) is 9.46. The Labute approximate surface area is 140 Å². The molecule has 0 aromatic carbocycles. The standard InChI is InChI=1S/C21H30O2/c1-3-10-21(23)12-9-19-18-6-4-14-13-15(22)5-7-16(14)17(18)8-11-20(19,21)2/h10,13,15-19,22-23H,1,4-9,11-12H2,2H3/t15-,16-,17+,18+,19-,20-,21-/m0/s1. The van der Waals surface area contributed by atoms with Crippen LogP contribution in [-0.2, 0) is 0 Å². The molecule has 0 heterocycles. The first-order valence-corrected chi connectivity index (χ1v) is 9.46. The predicted octanol–water partition coefficient (Wildman–Crippen LogP) is 3.99. The molecule has 0 unspecified atom stereocenters. The van der Waals surface area contributed by atoms with Gasteiger partial charge in [-0.3, -0.25) is 0 Å². The maximum absolute atomic E-state index is 11.2. The molecule has 23 heavy (non-hydrogen) atoms. The molecule has 7 atom stereocenters. The predicted molar refractivity (Wildman–Crippen MR) is 91.8 cm³/mol. The number of hydrogen-bond acceptors (Lipinski definition) is 2. The van der Waals surface area contributed by atoms with E-state index in [1.54, 1.807) is 0 Å². The third-order valence-corrected chi connectivity index (χ3v) is 7.99. The van der Waals surface area contributed by atoms with Gasteiger partial charge in [-0.15, -0.1) is 5.73 Å². The van der Waals surface area contributed by atoms with Crippen molar-refractivity contribution in [3.05, 3.63) is 30.0 Å². The molecule has 0 spiro atoms. The molecule has 0 radical (unpaired) electrons. The zero-order valence-electron chi connectivity index (χ0n) is 14.3. The van der Waals surface area contributed by atoms with E-state index in [4.69, 9.17) is 0 Å². The van der Waals surface area contributed by atoms with Crippen molar-refractivity contribution >= 4 is 0 Å². The van der Waals surface area contributed by atoms with Gasteiger partial charge in [-0.2, -0.15) is 0 Å². The van der Waals surface area contributed by atoms with Gasteiger partial charge in [-0.25, -0.2) is 0 Å². The molecule has 4 aliphatic rings. The number of rotatable bonds is 1. The first-order chi connectivity index (χ1) is 11.0. The Kier molecular flexibility index (Phi) is 3.65. The maximum Gasteiger partial charge on any atom is 0.0956 e. The highest BCUT2D eigenvalue weighted by Crippen LogP contribution is 2.65. The zero-order valence-corrected chi connectivity index (χ0v) is 14.3. The molecule has 0 aliphatic heterocycles. The second kappa shape index (κ2) is 5.34. The van der Waals surface area contributed by atoms with Crippen LogP contribution < -0.4 is 0 Å². The van der Waals surface area contributed by atoms with Gasteiger partial charge in [-0.05, 0) is 81.1 Å². The molecule has 2 N–H and O–H groups in total. The summed E-state index contributed by atoms with van der Waals surface area (Å²) < 4.78 is 0. The highest BCUT2D eigenvalue weighted by molar-refractivity contribution is 5.23. The summed E-state index contributed by atoms with van der Waals surface area (Å²) in [5.74, 6) is 2.85. The molecular weight excluding hydrogens is 284 g/mol. The average Bonchev–Trinajstić information content (AvgIpc) is 2.79. The van der Waals surface area contributed by atoms with Gasteiger partial charge in [0.05, 0.1) is 11.7 Å². The molecule has 2 nitrogen and oxygen atoms in total. The number of allylic oxidation sites excluding steroid dienone is 1. The number of aliphatic hydroxyl groups is 2. The van der Waals surface area contributed by atoms with Crippen LogP contribution in [0.2, 0.25) is 0 Å². The van der Waals surface area contributed by atoms with E-state index < -0.39 is 5.60 Å². The fraction of sp³-hybridized carbons (Fsp3) is 0.762. The van der Waals surface area contributed by atoms with E-state index in [1.165, 1.54) is 18.4 Å². The Morgan fingerprint density at radius 2 is 2.00 bits per heavy atom. The maximum atomic E-state index is 11.2. The molecule has 126 valence electrons. The lowest BCUT2D eigenvalue weighted by Gasteiger charge is -2.55. The first kappa shape index (κ1) is 15.7. The van der Waals surface area contributed by atoms with Crippen molar-refractivity contribution in [2.45, 2.75) is 70.0 Å². The fourth-order valence-corrected chi connectivity index (χ4v) is 6.77. The Morgan fingerprint density at radius 1 is 1.17 bits per heavy atom. The zero-order chi connectivity index (χ0) is 16.2. The minimum Gasteiger partial charge on any atom is -0.389 e. The highest BCUT2D eigenvalue weighted by atomic mass is 16.3. The molecule has 4 rings (SSSR count). The SMILES string of the molecule is C=C=C[C@]1(O)CC[C@H]2[C@@H]3CCC4=C[C@@H](O)CC[C@@H]4[C@H]3CC[C@@]21C. The second-order valence-corrected chi connectivity index (χ2v) is 8.73. The topological polar surface area (TPSA) is 40.5 Å². The Bertz CT molecular complexity index is 572. The van der Waals surface area contributed by atoms with E-state index in [1.807, 2.05) is 6.08 Å². The molecule has 0 aromatic heterocycles. The van der Waals surface area contributed by atoms with Gasteiger partial charge in [0.15, 0.2) is 0 Å². The third kappa shape index (κ3) is 2.15. The van der Waals surface area contributed by atoms with E-state index in [0.29, 0.717) is 11.8 Å². The van der Waals surface area contributed by atoms with Crippen molar-refractivity contribution in [2.75, 3.05) is 0 Å². The smallest absolute Gasteiger partial charge is 0.0956 e. The van der Waals surface area contributed by atoms with Crippen LogP contribution in [0.5, 0.6) is 0 Å². The van der Waals surface area contributed by atoms with Gasteiger partial charge < -0.3 is 10.2 Å². The van der Waals surface area contributed by atoms with Crippen LogP contribution in [0.15, 0.2) is 30.0 Å². The van der Waals surface area contributed by atoms with Gasteiger partial charge in [-0.1, -0.05) is 25.2 Å². The summed E-state index contributed by atoms with van der Waals surface area (Å²) in [5.41, 5.74) is 3.69. The van der Waals surface area contributed by atoms with Crippen molar-refractivity contribution in [2.24, 2.45) is 29.1 Å². The van der Waals surface area contributed by atoms with Gasteiger partial charge in [0.2, 0.25) is 0 Å². The molecule has 3 saturated carbocycles. The van der Waals surface area contributed by atoms with Crippen LogP contribution in [0.25, 0.3) is 0 Å². The minimum absolute atomic E-state index is 0.00570. The number of fused-ring (bicyclic) bond motifs is 5. The lowest BCUT2D eigenvalue weighted by Crippen LogP contribution is -2.52. The van der Waals surface area contributed by atoms with Crippen molar-refractivity contribution in [3.63, 3.8) is 0 Å². The van der Waals surface area contributed by atoms with Crippen molar-refractivity contribution in [1.82, 2.24) is 0 Å². The van der Waals surface area contributed by atoms with Gasteiger partial charge >= 0.3 is 0 Å². The second-order valence-electron chi connectivity index (χ2n) is 8.73. The normalized spacial score (nSPS) is 51.8. The van der Waals surface area contributed by atoms with Gasteiger partial charge in [0.1, 0.15) is 0 Å². The molecule has 0 amide bonds. The average molecular weight is 314 g/mol. The lowest BCUT2D eigenvalue weighted by molar-refractivity contribution is -0.0914. The molecule has 0 aromatic rings. The molecule has 2 heteroatoms. The van der Waals surface area contributed by atoms with Crippen LogP contribution in [0.3, 0.4) is 0 Å². The van der Waals surface area contributed by atoms with Crippen LogP contribution in [0.4, 0.5) is 0 Å². The van der Waals surface area contributed by atoms with E-state index in [0.717, 1.165) is 50.4 Å². The Hall–Kier alpha value is -0.820. The Balaban J connectivity index is 1.64. The quantitative estimate of drug-likeness (QED) is 0.567. The van der Waals surface area contributed by atoms with E-state index in [-0.39, 0.29) is 11.5 Å². The summed E-state index contributed by atoms with van der Waals surface area (Å²) in [6.45, 7) is 6.02. The van der Waals surface area contributed by atoms with Crippen molar-refractivity contribution < 1.29 is 10.2 Å². The van der Waals surface area contributed by atoms with Gasteiger partial charge in [0, 0.05) is 5.41 Å². The summed E-state index contributed by atoms with van der Waals surface area (Å²) in [4.78, 5) is 0. The highest BCUT2D eigenvalue weighted by Gasteiger charge is 2.61. The third-order valence-electron chi connectivity index (χ3n) is 7.99. The van der Waals surface area contributed by atoms with Crippen LogP contribution in [0, 0.1) is 29.1 Å². The van der Waals surface area contributed by atoms with Crippen molar-refractivity contribution in [3.8, 4) is 0 Å². The molecule has 3 fully saturated rings. The largest absolute Gasteiger partial charge is 0.389 e. The van der Waals surface area contributed by atoms with E-state index in [2.05, 4.69) is 25.3 Å². The number of aliphatic hydroxyl groups excluding tert-OH is 1. The van der Waals surface area contributed by atoms with Crippen LogP contribution >= 0.6 is 0 Å². The Morgan fingerprint density at radius 3 is 2.78 bits per heavy atom. The number of hydrogen-bond donors (Lipinski definition) is 2. The molecule has 4 aliphatic carbocycles. The van der Waals surface area contributed by atoms with Crippen LogP contribution in [0.1, 0.15) is 58.3 Å². The fourth-order valence-electron chi connectivity index (χ4n) is 6.77. The summed E-state index contributed by atoms with van der Waals surface area (Å²) in [6, 6.07) is 0. The van der Waals surface area contributed by atoms with Gasteiger partial charge in [0.25, 0.3) is 0 Å². The monoisotopic (exact) mass is 314 g/mol. The van der Waals surface area contributed by atoms with Crippen molar-refractivity contribution in [1.29, 1.82) is 0 Å².